The van der Waals surface area contributed by atoms with Gasteiger partial charge in [0.1, 0.15) is 6.04 Å². The molecular formula is C15H16N2O4. The van der Waals surface area contributed by atoms with Crippen molar-refractivity contribution in [3.8, 4) is 0 Å². The molecule has 1 aromatic rings. The summed E-state index contributed by atoms with van der Waals surface area (Å²) in [5.74, 6) is -3.40. The predicted molar refractivity (Wildman–Crippen MR) is 74.6 cm³/mol. The van der Waals surface area contributed by atoms with Gasteiger partial charge >= 0.3 is 5.97 Å². The highest BCUT2D eigenvalue weighted by Crippen LogP contribution is 2.43. The Morgan fingerprint density at radius 1 is 1.19 bits per heavy atom. The van der Waals surface area contributed by atoms with E-state index in [2.05, 4.69) is 5.32 Å². The van der Waals surface area contributed by atoms with Crippen LogP contribution in [0.15, 0.2) is 30.3 Å². The molecule has 2 heterocycles. The van der Waals surface area contributed by atoms with E-state index in [0.29, 0.717) is 5.69 Å². The summed E-state index contributed by atoms with van der Waals surface area (Å²) in [4.78, 5) is 37.8. The Balaban J connectivity index is 2.06. The fourth-order valence-electron chi connectivity index (χ4n) is 3.41. The highest BCUT2D eigenvalue weighted by molar-refractivity contribution is 6.23. The van der Waals surface area contributed by atoms with Crippen LogP contribution < -0.4 is 10.2 Å². The third-order valence-corrected chi connectivity index (χ3v) is 4.30. The fraction of sp³-hybridized carbons (Fsp3) is 0.400. The van der Waals surface area contributed by atoms with Gasteiger partial charge in [-0.15, -0.1) is 0 Å². The Labute approximate surface area is 121 Å². The van der Waals surface area contributed by atoms with E-state index in [0.717, 1.165) is 4.90 Å². The maximum absolute atomic E-state index is 12.7. The molecule has 2 N–H and O–H groups in total. The van der Waals surface area contributed by atoms with Gasteiger partial charge in [-0.2, -0.15) is 0 Å². The van der Waals surface area contributed by atoms with E-state index in [4.69, 9.17) is 0 Å². The molecule has 6 nitrogen and oxygen atoms in total. The number of hydrogen-bond acceptors (Lipinski definition) is 4. The van der Waals surface area contributed by atoms with Gasteiger partial charge in [-0.25, -0.2) is 4.90 Å². The van der Waals surface area contributed by atoms with Gasteiger partial charge in [0.05, 0.1) is 17.5 Å². The third kappa shape index (κ3) is 1.86. The Bertz CT molecular complexity index is 626. The van der Waals surface area contributed by atoms with Crippen LogP contribution in [0.2, 0.25) is 0 Å². The lowest BCUT2D eigenvalue weighted by molar-refractivity contribution is -0.142. The highest BCUT2D eigenvalue weighted by Gasteiger charge is 2.63. The summed E-state index contributed by atoms with van der Waals surface area (Å²) in [5.41, 5.74) is -0.244. The second kappa shape index (κ2) is 4.39. The molecule has 1 aromatic carbocycles. The lowest BCUT2D eigenvalue weighted by atomic mass is 9.83. The van der Waals surface area contributed by atoms with E-state index < -0.39 is 35.3 Å². The molecule has 0 aliphatic carbocycles. The average molecular weight is 288 g/mol. The molecule has 2 aliphatic heterocycles. The van der Waals surface area contributed by atoms with Crippen molar-refractivity contribution in [3.05, 3.63) is 30.3 Å². The number of para-hydroxylation sites is 1. The lowest BCUT2D eigenvalue weighted by Crippen LogP contribution is -2.49. The number of imide groups is 1. The minimum atomic E-state index is -1.10. The van der Waals surface area contributed by atoms with E-state index >= 15 is 0 Å². The van der Waals surface area contributed by atoms with Gasteiger partial charge in [-0.05, 0) is 26.0 Å². The van der Waals surface area contributed by atoms with Crippen LogP contribution in [-0.2, 0) is 14.4 Å². The molecule has 0 saturated carbocycles. The molecule has 0 spiro atoms. The summed E-state index contributed by atoms with van der Waals surface area (Å²) in [6, 6.07) is 7.58. The van der Waals surface area contributed by atoms with Crippen LogP contribution in [-0.4, -0.2) is 34.5 Å². The minimum absolute atomic E-state index is 0.336. The first-order valence-electron chi connectivity index (χ1n) is 6.78. The first-order chi connectivity index (χ1) is 9.84. The first-order valence-corrected chi connectivity index (χ1v) is 6.78. The molecule has 6 heteroatoms. The molecule has 2 fully saturated rings. The summed E-state index contributed by atoms with van der Waals surface area (Å²) in [6.45, 7) is 3.51. The van der Waals surface area contributed by atoms with E-state index in [1.54, 1.807) is 44.2 Å². The van der Waals surface area contributed by atoms with Gasteiger partial charge in [0, 0.05) is 5.54 Å². The summed E-state index contributed by atoms with van der Waals surface area (Å²) >= 11 is 0. The van der Waals surface area contributed by atoms with Crippen molar-refractivity contribution in [3.63, 3.8) is 0 Å². The number of fused-ring (bicyclic) bond motifs is 1. The summed E-state index contributed by atoms with van der Waals surface area (Å²) in [5, 5.41) is 12.2. The number of anilines is 1. The van der Waals surface area contributed by atoms with Crippen molar-refractivity contribution >= 4 is 23.5 Å². The molecule has 0 aromatic heterocycles. The summed E-state index contributed by atoms with van der Waals surface area (Å²) < 4.78 is 0. The zero-order valence-electron chi connectivity index (χ0n) is 11.7. The van der Waals surface area contributed by atoms with E-state index in [1.165, 1.54) is 0 Å². The van der Waals surface area contributed by atoms with Crippen LogP contribution in [0.25, 0.3) is 0 Å². The predicted octanol–water partition coefficient (Wildman–Crippen LogP) is 0.627. The average Bonchev–Trinajstić information content (AvgIpc) is 2.85. The quantitative estimate of drug-likeness (QED) is 0.779. The number of nitrogens with one attached hydrogen (secondary N) is 1. The summed E-state index contributed by atoms with van der Waals surface area (Å²) in [6.07, 6.45) is 0. The topological polar surface area (TPSA) is 86.7 Å². The lowest BCUT2D eigenvalue weighted by Gasteiger charge is -2.26. The Hall–Kier alpha value is -2.21. The van der Waals surface area contributed by atoms with E-state index in [-0.39, 0.29) is 5.91 Å². The molecule has 0 radical (unpaired) electrons. The van der Waals surface area contributed by atoms with Gasteiger partial charge < -0.3 is 5.11 Å². The van der Waals surface area contributed by atoms with Crippen LogP contribution in [0, 0.1) is 11.8 Å². The van der Waals surface area contributed by atoms with Gasteiger partial charge in [0.15, 0.2) is 0 Å². The van der Waals surface area contributed by atoms with Gasteiger partial charge in [0.25, 0.3) is 0 Å². The van der Waals surface area contributed by atoms with Crippen molar-refractivity contribution < 1.29 is 19.5 Å². The summed E-state index contributed by atoms with van der Waals surface area (Å²) in [7, 11) is 0. The largest absolute Gasteiger partial charge is 0.480 e. The molecule has 2 aliphatic rings. The van der Waals surface area contributed by atoms with Gasteiger partial charge in [0.2, 0.25) is 11.8 Å². The maximum atomic E-state index is 12.7. The SMILES string of the molecule is CC1(C)N[C@H](C(=O)O)[C@@H]2C(=O)N(c3ccccc3)C(=O)[C@@H]21. The Morgan fingerprint density at radius 2 is 1.81 bits per heavy atom. The van der Waals surface area contributed by atoms with Crippen LogP contribution in [0.3, 0.4) is 0 Å². The number of rotatable bonds is 2. The first kappa shape index (κ1) is 13.8. The monoisotopic (exact) mass is 288 g/mol. The van der Waals surface area contributed by atoms with Crippen molar-refractivity contribution in [2.45, 2.75) is 25.4 Å². The molecular weight excluding hydrogens is 272 g/mol. The number of carbonyl (C=O) groups is 3. The van der Waals surface area contributed by atoms with Crippen molar-refractivity contribution in [1.82, 2.24) is 5.32 Å². The number of nitrogens with zero attached hydrogens (tertiary/aromatic N) is 1. The normalized spacial score (nSPS) is 30.6. The molecule has 110 valence electrons. The fourth-order valence-corrected chi connectivity index (χ4v) is 3.41. The standard InChI is InChI=1S/C15H16N2O4/c1-15(2)10-9(11(16-15)14(20)21)12(18)17(13(10)19)8-6-4-3-5-7-8/h3-7,9-11,16H,1-2H3,(H,20,21)/t9-,10-,11+/m1/s1. The molecule has 2 amide bonds. The second-order valence-corrected chi connectivity index (χ2v) is 6.03. The number of carbonyl (C=O) groups excluding carboxylic acids is 2. The number of carboxylic acid groups (broad SMARTS) is 1. The number of carboxylic acids is 1. The second-order valence-electron chi connectivity index (χ2n) is 6.03. The molecule has 0 bridgehead atoms. The van der Waals surface area contributed by atoms with Crippen molar-refractivity contribution in [1.29, 1.82) is 0 Å². The maximum Gasteiger partial charge on any atom is 0.321 e. The van der Waals surface area contributed by atoms with Gasteiger partial charge in [-0.3, -0.25) is 19.7 Å². The number of benzene rings is 1. The Morgan fingerprint density at radius 3 is 2.38 bits per heavy atom. The van der Waals surface area contributed by atoms with Crippen molar-refractivity contribution in [2.75, 3.05) is 4.90 Å². The van der Waals surface area contributed by atoms with Crippen LogP contribution in [0.1, 0.15) is 13.8 Å². The zero-order chi connectivity index (χ0) is 15.4. The molecule has 3 atom stereocenters. The smallest absolute Gasteiger partial charge is 0.321 e. The van der Waals surface area contributed by atoms with E-state index in [1.807, 2.05) is 0 Å². The van der Waals surface area contributed by atoms with Crippen LogP contribution in [0.4, 0.5) is 5.69 Å². The molecule has 2 saturated heterocycles. The zero-order valence-corrected chi connectivity index (χ0v) is 11.7. The Kier molecular flexibility index (Phi) is 2.88. The number of aliphatic carboxylic acids is 1. The van der Waals surface area contributed by atoms with Crippen LogP contribution >= 0.6 is 0 Å². The highest BCUT2D eigenvalue weighted by atomic mass is 16.4. The molecule has 21 heavy (non-hydrogen) atoms. The molecule has 3 rings (SSSR count). The van der Waals surface area contributed by atoms with Gasteiger partial charge in [-0.1, -0.05) is 18.2 Å². The third-order valence-electron chi connectivity index (χ3n) is 4.30. The van der Waals surface area contributed by atoms with Crippen LogP contribution in [0.5, 0.6) is 0 Å². The minimum Gasteiger partial charge on any atom is -0.480 e. The van der Waals surface area contributed by atoms with E-state index in [9.17, 15) is 19.5 Å². The molecule has 0 unspecified atom stereocenters. The number of amides is 2. The number of hydrogen-bond donors (Lipinski definition) is 2. The van der Waals surface area contributed by atoms with Crippen molar-refractivity contribution in [2.24, 2.45) is 11.8 Å².